The molecular formula is C13H14Cl2N2O3. The van der Waals surface area contributed by atoms with E-state index in [2.05, 4.69) is 10.3 Å². The topological polar surface area (TPSA) is 68.3 Å². The Balaban J connectivity index is 3.16. The summed E-state index contributed by atoms with van der Waals surface area (Å²) in [5.74, 6) is -1.38. The number of esters is 1. The maximum atomic E-state index is 12.3. The van der Waals surface area contributed by atoms with Crippen LogP contribution in [-0.4, -0.2) is 29.9 Å². The molecule has 0 aliphatic rings. The van der Waals surface area contributed by atoms with Gasteiger partial charge in [-0.15, -0.1) is 0 Å². The lowest BCUT2D eigenvalue weighted by atomic mass is 10.1. The van der Waals surface area contributed by atoms with Crippen LogP contribution < -0.4 is 5.32 Å². The maximum Gasteiger partial charge on any atom is 0.343 e. The summed E-state index contributed by atoms with van der Waals surface area (Å²) in [4.78, 5) is 28.0. The molecule has 0 fully saturated rings. The quantitative estimate of drug-likeness (QED) is 0.218. The van der Waals surface area contributed by atoms with Crippen molar-refractivity contribution in [1.82, 2.24) is 10.3 Å². The van der Waals surface area contributed by atoms with Gasteiger partial charge in [0.15, 0.2) is 0 Å². The summed E-state index contributed by atoms with van der Waals surface area (Å²) in [6.45, 7) is 4.19. The molecule has 0 radical (unpaired) electrons. The van der Waals surface area contributed by atoms with Gasteiger partial charge in [-0.25, -0.2) is 9.78 Å². The van der Waals surface area contributed by atoms with Crippen LogP contribution in [0.5, 0.6) is 0 Å². The van der Waals surface area contributed by atoms with Gasteiger partial charge in [0.2, 0.25) is 5.78 Å². The number of carbonyl (C=O) groups is 2. The van der Waals surface area contributed by atoms with Gasteiger partial charge < -0.3 is 10.1 Å². The highest BCUT2D eigenvalue weighted by Crippen LogP contribution is 2.20. The third-order valence-electron chi connectivity index (χ3n) is 2.22. The number of carbonyl (C=O) groups excluding carboxylic acids is 2. The van der Waals surface area contributed by atoms with E-state index in [4.69, 9.17) is 27.9 Å². The van der Waals surface area contributed by atoms with Gasteiger partial charge in [0.05, 0.1) is 11.6 Å². The Morgan fingerprint density at radius 1 is 1.35 bits per heavy atom. The average molecular weight is 317 g/mol. The van der Waals surface area contributed by atoms with E-state index in [1.165, 1.54) is 18.3 Å². The van der Waals surface area contributed by atoms with Crippen LogP contribution >= 0.6 is 23.2 Å². The van der Waals surface area contributed by atoms with Gasteiger partial charge in [0.25, 0.3) is 0 Å². The largest absolute Gasteiger partial charge is 0.462 e. The monoisotopic (exact) mass is 316 g/mol. The van der Waals surface area contributed by atoms with Crippen LogP contribution in [0.4, 0.5) is 0 Å². The van der Waals surface area contributed by atoms with Crippen LogP contribution in [0.3, 0.4) is 0 Å². The van der Waals surface area contributed by atoms with Crippen molar-refractivity contribution in [3.8, 4) is 0 Å². The first-order valence-corrected chi connectivity index (χ1v) is 6.74. The number of aromatic nitrogens is 1. The van der Waals surface area contributed by atoms with E-state index in [0.29, 0.717) is 6.54 Å². The van der Waals surface area contributed by atoms with E-state index in [9.17, 15) is 9.59 Å². The highest BCUT2D eigenvalue weighted by Gasteiger charge is 2.24. The molecule has 5 nitrogen and oxygen atoms in total. The van der Waals surface area contributed by atoms with Crippen molar-refractivity contribution in [2.45, 2.75) is 13.8 Å². The summed E-state index contributed by atoms with van der Waals surface area (Å²) < 4.78 is 4.84. The number of nitrogens with zero attached hydrogens (tertiary/aromatic N) is 1. The van der Waals surface area contributed by atoms with E-state index in [1.807, 2.05) is 6.92 Å². The van der Waals surface area contributed by atoms with Gasteiger partial charge in [-0.05, 0) is 26.0 Å². The highest BCUT2D eigenvalue weighted by molar-refractivity contribution is 6.37. The van der Waals surface area contributed by atoms with Crippen molar-refractivity contribution in [2.75, 3.05) is 13.2 Å². The van der Waals surface area contributed by atoms with Crippen LogP contribution in [0.25, 0.3) is 0 Å². The Morgan fingerprint density at radius 2 is 2.05 bits per heavy atom. The van der Waals surface area contributed by atoms with Crippen LogP contribution in [0.15, 0.2) is 23.9 Å². The van der Waals surface area contributed by atoms with Gasteiger partial charge in [-0.2, -0.15) is 0 Å². The van der Waals surface area contributed by atoms with Gasteiger partial charge in [0, 0.05) is 12.7 Å². The zero-order valence-corrected chi connectivity index (χ0v) is 12.6. The lowest BCUT2D eigenvalue weighted by Crippen LogP contribution is -2.20. The number of hydrogen-bond donors (Lipinski definition) is 1. The molecule has 20 heavy (non-hydrogen) atoms. The fraction of sp³-hybridized carbons (Fsp3) is 0.308. The van der Waals surface area contributed by atoms with E-state index < -0.39 is 11.8 Å². The number of nitrogens with one attached hydrogen (secondary N) is 1. The molecule has 0 atom stereocenters. The molecule has 1 heterocycles. The molecule has 0 aliphatic carbocycles. The molecule has 0 aliphatic heterocycles. The van der Waals surface area contributed by atoms with Crippen molar-refractivity contribution >= 4 is 35.0 Å². The van der Waals surface area contributed by atoms with Crippen LogP contribution in [0.1, 0.15) is 24.3 Å². The SMILES string of the molecule is CCN/C=C(\C(=O)OCC)C(=O)c1nc(Cl)ccc1Cl. The van der Waals surface area contributed by atoms with Crippen molar-refractivity contribution in [3.05, 3.63) is 39.8 Å². The smallest absolute Gasteiger partial charge is 0.343 e. The van der Waals surface area contributed by atoms with Gasteiger partial charge in [-0.1, -0.05) is 23.2 Å². The molecule has 0 aromatic carbocycles. The highest BCUT2D eigenvalue weighted by atomic mass is 35.5. The van der Waals surface area contributed by atoms with E-state index in [-0.39, 0.29) is 28.0 Å². The van der Waals surface area contributed by atoms with Crippen molar-refractivity contribution in [1.29, 1.82) is 0 Å². The Labute approximate surface area is 126 Å². The minimum Gasteiger partial charge on any atom is -0.462 e. The number of ether oxygens (including phenoxy) is 1. The number of halogens is 2. The van der Waals surface area contributed by atoms with Gasteiger partial charge >= 0.3 is 5.97 Å². The summed E-state index contributed by atoms with van der Waals surface area (Å²) in [5, 5.41) is 3.02. The fourth-order valence-corrected chi connectivity index (χ4v) is 1.67. The third-order valence-corrected chi connectivity index (χ3v) is 2.73. The van der Waals surface area contributed by atoms with E-state index in [1.54, 1.807) is 6.92 Å². The maximum absolute atomic E-state index is 12.3. The predicted octanol–water partition coefficient (Wildman–Crippen LogP) is 2.63. The summed E-state index contributed by atoms with van der Waals surface area (Å²) in [6.07, 6.45) is 1.29. The molecular weight excluding hydrogens is 303 g/mol. The zero-order chi connectivity index (χ0) is 15.1. The molecule has 108 valence electrons. The van der Waals surface area contributed by atoms with Crippen molar-refractivity contribution in [3.63, 3.8) is 0 Å². The Morgan fingerprint density at radius 3 is 2.65 bits per heavy atom. The molecule has 1 rings (SSSR count). The lowest BCUT2D eigenvalue weighted by Gasteiger charge is -2.08. The van der Waals surface area contributed by atoms with Crippen LogP contribution in [0, 0.1) is 0 Å². The standard InChI is InChI=1S/C13H14Cl2N2O3/c1-3-16-7-8(13(19)20-4-2)12(18)11-9(14)5-6-10(15)17-11/h5-7,16H,3-4H2,1-2H3/b8-7-. The number of ketones is 1. The first kappa shape index (κ1) is 16.5. The second kappa shape index (κ2) is 7.87. The molecule has 0 saturated heterocycles. The molecule has 1 aromatic rings. The molecule has 7 heteroatoms. The fourth-order valence-electron chi connectivity index (χ4n) is 1.34. The molecule has 1 aromatic heterocycles. The lowest BCUT2D eigenvalue weighted by molar-refractivity contribution is -0.138. The number of Topliss-reactive ketones (excluding diaryl/α,β-unsaturated/α-hetero) is 1. The number of rotatable bonds is 6. The molecule has 0 saturated carbocycles. The number of hydrogen-bond acceptors (Lipinski definition) is 5. The van der Waals surface area contributed by atoms with Gasteiger partial charge in [-0.3, -0.25) is 4.79 Å². The molecule has 1 N–H and O–H groups in total. The predicted molar refractivity (Wildman–Crippen MR) is 77.0 cm³/mol. The summed E-state index contributed by atoms with van der Waals surface area (Å²) in [5.41, 5.74) is -0.262. The second-order valence-corrected chi connectivity index (χ2v) is 4.42. The van der Waals surface area contributed by atoms with Crippen molar-refractivity contribution < 1.29 is 14.3 Å². The molecule has 0 amide bonds. The number of pyridine rings is 1. The Hall–Kier alpha value is -1.59. The van der Waals surface area contributed by atoms with Crippen LogP contribution in [0.2, 0.25) is 10.2 Å². The summed E-state index contributed by atoms with van der Waals surface area (Å²) in [7, 11) is 0. The zero-order valence-electron chi connectivity index (χ0n) is 11.1. The van der Waals surface area contributed by atoms with Gasteiger partial charge in [0.1, 0.15) is 16.4 Å². The molecule has 0 bridgehead atoms. The van der Waals surface area contributed by atoms with E-state index in [0.717, 1.165) is 0 Å². The summed E-state index contributed by atoms with van der Waals surface area (Å²) >= 11 is 11.6. The first-order valence-electron chi connectivity index (χ1n) is 5.98. The average Bonchev–Trinajstić information content (AvgIpc) is 2.42. The minimum absolute atomic E-state index is 0.0867. The molecule has 0 unspecified atom stereocenters. The second-order valence-electron chi connectivity index (χ2n) is 3.63. The minimum atomic E-state index is -0.740. The normalized spacial score (nSPS) is 11.1. The van der Waals surface area contributed by atoms with Crippen LogP contribution in [-0.2, 0) is 9.53 Å². The Kier molecular flexibility index (Phi) is 6.48. The summed E-state index contributed by atoms with van der Waals surface area (Å²) in [6, 6.07) is 2.90. The third kappa shape index (κ3) is 4.21. The Bertz CT molecular complexity index is 544. The van der Waals surface area contributed by atoms with E-state index >= 15 is 0 Å². The molecule has 0 spiro atoms. The van der Waals surface area contributed by atoms with Crippen molar-refractivity contribution in [2.24, 2.45) is 0 Å². The first-order chi connectivity index (χ1) is 9.51.